The highest BCUT2D eigenvalue weighted by atomic mass is 35.5. The van der Waals surface area contributed by atoms with Crippen molar-refractivity contribution in [3.63, 3.8) is 0 Å². The summed E-state index contributed by atoms with van der Waals surface area (Å²) in [7, 11) is -3.52. The van der Waals surface area contributed by atoms with Crippen molar-refractivity contribution in [2.75, 3.05) is 12.9 Å². The number of ether oxygens (including phenoxy) is 2. The van der Waals surface area contributed by atoms with Crippen LogP contribution in [0.5, 0.6) is 11.5 Å². The maximum Gasteiger partial charge on any atom is 0.258 e. The lowest BCUT2D eigenvalue weighted by atomic mass is 9.38. The van der Waals surface area contributed by atoms with E-state index in [0.29, 0.717) is 47.6 Å². The van der Waals surface area contributed by atoms with E-state index in [4.69, 9.17) is 21.1 Å². The Balaban J connectivity index is 1.14. The van der Waals surface area contributed by atoms with E-state index in [9.17, 15) is 22.4 Å². The quantitative estimate of drug-likeness (QED) is 0.493. The van der Waals surface area contributed by atoms with Gasteiger partial charge in [-0.3, -0.25) is 9.59 Å². The molecule has 0 aromatic heterocycles. The molecule has 0 spiro atoms. The zero-order chi connectivity index (χ0) is 26.6. The van der Waals surface area contributed by atoms with Crippen molar-refractivity contribution in [2.45, 2.75) is 56.7 Å². The van der Waals surface area contributed by atoms with Crippen LogP contribution in [0.25, 0.3) is 0 Å². The molecule has 2 bridgehead atoms. The summed E-state index contributed by atoms with van der Waals surface area (Å²) in [5.74, 6) is -0.0501. The number of halogens is 2. The smallest absolute Gasteiger partial charge is 0.258 e. The molecule has 2 aromatic rings. The zero-order valence-corrected chi connectivity index (χ0v) is 22.0. The van der Waals surface area contributed by atoms with Crippen molar-refractivity contribution in [3.05, 3.63) is 58.4 Å². The highest BCUT2D eigenvalue weighted by Gasteiger charge is 2.68. The lowest BCUT2D eigenvalue weighted by molar-refractivity contribution is -0.175. The minimum atomic E-state index is -3.52. The summed E-state index contributed by atoms with van der Waals surface area (Å²) in [4.78, 5) is 25.6. The van der Waals surface area contributed by atoms with Crippen LogP contribution in [0.1, 0.15) is 49.3 Å². The standard InChI is InChI=1S/C26H28ClFN2O6S/c1-15-3-5-17(8-19(15)28)35-11-24(32)29-26-12-25(13-26,14-26)10-21(31)23-9-20(30-37(2,33)34)18-7-16(27)4-6-22(18)36-23/h3-8,20,23,30H,9-14H2,1-2H3,(H,29,32)/t20-,23+,25?,26?/m1/s1. The number of aryl methyl sites for hydroxylation is 1. The Kier molecular flexibility index (Phi) is 6.49. The van der Waals surface area contributed by atoms with E-state index in [1.54, 1.807) is 37.3 Å². The lowest BCUT2D eigenvalue weighted by Crippen LogP contribution is -2.75. The first-order chi connectivity index (χ1) is 17.3. The first-order valence-electron chi connectivity index (χ1n) is 12.0. The summed E-state index contributed by atoms with van der Waals surface area (Å²) >= 11 is 6.09. The molecule has 6 rings (SSSR count). The van der Waals surface area contributed by atoms with Crippen molar-refractivity contribution in [1.29, 1.82) is 0 Å². The van der Waals surface area contributed by atoms with Crippen LogP contribution < -0.4 is 19.5 Å². The van der Waals surface area contributed by atoms with Gasteiger partial charge in [0.05, 0.1) is 12.3 Å². The molecule has 11 heteroatoms. The van der Waals surface area contributed by atoms with Crippen LogP contribution >= 0.6 is 11.6 Å². The van der Waals surface area contributed by atoms with Crippen LogP contribution in [0, 0.1) is 18.2 Å². The fraction of sp³-hybridized carbons (Fsp3) is 0.462. The van der Waals surface area contributed by atoms with Crippen molar-refractivity contribution >= 4 is 33.3 Å². The van der Waals surface area contributed by atoms with E-state index >= 15 is 0 Å². The molecule has 1 amide bonds. The highest BCUT2D eigenvalue weighted by Crippen LogP contribution is 2.69. The van der Waals surface area contributed by atoms with Crippen molar-refractivity contribution in [3.8, 4) is 11.5 Å². The van der Waals surface area contributed by atoms with Gasteiger partial charge in [0.15, 0.2) is 18.5 Å². The lowest BCUT2D eigenvalue weighted by Gasteiger charge is -2.70. The first-order valence-corrected chi connectivity index (χ1v) is 14.3. The second-order valence-corrected chi connectivity index (χ2v) is 12.9. The van der Waals surface area contributed by atoms with E-state index in [2.05, 4.69) is 10.0 Å². The molecule has 2 N–H and O–H groups in total. The van der Waals surface area contributed by atoms with Crippen LogP contribution in [0.15, 0.2) is 36.4 Å². The Labute approximate surface area is 219 Å². The number of carbonyl (C=O) groups excluding carboxylic acids is 2. The van der Waals surface area contributed by atoms with E-state index in [1.165, 1.54) is 6.07 Å². The van der Waals surface area contributed by atoms with Gasteiger partial charge in [-0.1, -0.05) is 17.7 Å². The predicted molar refractivity (Wildman–Crippen MR) is 135 cm³/mol. The fourth-order valence-electron chi connectivity index (χ4n) is 5.95. The van der Waals surface area contributed by atoms with Crippen molar-refractivity contribution in [1.82, 2.24) is 10.0 Å². The molecule has 8 nitrogen and oxygen atoms in total. The number of nitrogens with one attached hydrogen (secondary N) is 2. The fourth-order valence-corrected chi connectivity index (χ4v) is 6.87. The summed E-state index contributed by atoms with van der Waals surface area (Å²) in [5.41, 5.74) is 0.579. The van der Waals surface area contributed by atoms with Gasteiger partial charge in [0.25, 0.3) is 5.91 Å². The van der Waals surface area contributed by atoms with Gasteiger partial charge in [-0.25, -0.2) is 17.5 Å². The molecule has 37 heavy (non-hydrogen) atoms. The molecule has 3 fully saturated rings. The van der Waals surface area contributed by atoms with Crippen LogP contribution in [-0.4, -0.2) is 44.6 Å². The van der Waals surface area contributed by atoms with E-state index < -0.39 is 28.0 Å². The van der Waals surface area contributed by atoms with Crippen LogP contribution in [0.3, 0.4) is 0 Å². The number of Topliss-reactive ketones (excluding diaryl/α,β-unsaturated/α-hetero) is 1. The number of hydrogen-bond acceptors (Lipinski definition) is 6. The second-order valence-electron chi connectivity index (χ2n) is 10.7. The largest absolute Gasteiger partial charge is 0.484 e. The predicted octanol–water partition coefficient (Wildman–Crippen LogP) is 3.61. The summed E-state index contributed by atoms with van der Waals surface area (Å²) in [6.07, 6.45) is 2.80. The topological polar surface area (TPSA) is 111 Å². The third kappa shape index (κ3) is 5.46. The number of rotatable bonds is 9. The number of ketones is 1. The van der Waals surface area contributed by atoms with Gasteiger partial charge in [0, 0.05) is 35.0 Å². The first kappa shape index (κ1) is 25.9. The summed E-state index contributed by atoms with van der Waals surface area (Å²) in [5, 5.41) is 3.44. The van der Waals surface area contributed by atoms with Crippen LogP contribution in [0.2, 0.25) is 5.02 Å². The molecular formula is C26H28ClFN2O6S. The number of carbonyl (C=O) groups is 2. The normalized spacial score (nSPS) is 27.7. The molecule has 4 aliphatic rings. The van der Waals surface area contributed by atoms with Gasteiger partial charge >= 0.3 is 0 Å². The van der Waals surface area contributed by atoms with Crippen molar-refractivity contribution < 1.29 is 31.9 Å². The molecule has 3 aliphatic carbocycles. The molecule has 3 saturated carbocycles. The highest BCUT2D eigenvalue weighted by molar-refractivity contribution is 7.88. The van der Waals surface area contributed by atoms with Crippen LogP contribution in [-0.2, 0) is 19.6 Å². The number of sulfonamides is 1. The second kappa shape index (κ2) is 9.25. The average molecular weight is 551 g/mol. The minimum absolute atomic E-state index is 0.0924. The number of fused-ring (bicyclic) bond motifs is 1. The molecule has 0 radical (unpaired) electrons. The van der Waals surface area contributed by atoms with Crippen LogP contribution in [0.4, 0.5) is 4.39 Å². The Morgan fingerprint density at radius 2 is 1.92 bits per heavy atom. The Morgan fingerprint density at radius 1 is 1.19 bits per heavy atom. The summed E-state index contributed by atoms with van der Waals surface area (Å²) in [6.45, 7) is 1.43. The average Bonchev–Trinajstić information content (AvgIpc) is 2.76. The van der Waals surface area contributed by atoms with Gasteiger partial charge in [0.2, 0.25) is 10.0 Å². The Hall–Kier alpha value is -2.69. The number of hydrogen-bond donors (Lipinski definition) is 2. The van der Waals surface area contributed by atoms with E-state index in [-0.39, 0.29) is 41.4 Å². The van der Waals surface area contributed by atoms with Gasteiger partial charge in [0.1, 0.15) is 17.3 Å². The molecule has 1 aliphatic heterocycles. The molecule has 0 saturated heterocycles. The third-order valence-electron chi connectivity index (χ3n) is 7.39. The summed E-state index contributed by atoms with van der Waals surface area (Å²) < 4.78 is 51.4. The SMILES string of the molecule is Cc1ccc(OCC(=O)NC23CC(CC(=O)[C@@H]4C[C@@H](NS(C)(=O)=O)c5cc(Cl)ccc5O4)(C2)C3)cc1F. The van der Waals surface area contributed by atoms with Gasteiger partial charge in [-0.2, -0.15) is 0 Å². The Bertz CT molecular complexity index is 1360. The maximum absolute atomic E-state index is 13.7. The third-order valence-corrected chi connectivity index (χ3v) is 8.34. The monoisotopic (exact) mass is 550 g/mol. The van der Waals surface area contributed by atoms with Gasteiger partial charge < -0.3 is 14.8 Å². The van der Waals surface area contributed by atoms with E-state index in [0.717, 1.165) is 6.26 Å². The molecule has 0 unspecified atom stereocenters. The number of amides is 1. The summed E-state index contributed by atoms with van der Waals surface area (Å²) in [6, 6.07) is 8.77. The van der Waals surface area contributed by atoms with Gasteiger partial charge in [-0.05, 0) is 61.4 Å². The van der Waals surface area contributed by atoms with Gasteiger partial charge in [-0.15, -0.1) is 0 Å². The molecule has 198 valence electrons. The molecule has 2 atom stereocenters. The molecular weight excluding hydrogens is 523 g/mol. The minimum Gasteiger partial charge on any atom is -0.484 e. The molecule has 1 heterocycles. The number of benzene rings is 2. The van der Waals surface area contributed by atoms with Crippen molar-refractivity contribution in [2.24, 2.45) is 5.41 Å². The van der Waals surface area contributed by atoms with E-state index in [1.807, 2.05) is 0 Å². The zero-order valence-electron chi connectivity index (χ0n) is 20.5. The molecule has 2 aromatic carbocycles. The Morgan fingerprint density at radius 3 is 2.59 bits per heavy atom. The maximum atomic E-state index is 13.7.